The van der Waals surface area contributed by atoms with Crippen LogP contribution in [0.25, 0.3) is 0 Å². The van der Waals surface area contributed by atoms with Crippen LogP contribution in [0.3, 0.4) is 0 Å². The minimum absolute atomic E-state index is 0.269. The van der Waals surface area contributed by atoms with Crippen LogP contribution in [0.1, 0.15) is 45.8 Å². The largest absolute Gasteiger partial charge is 0.331 e. The molecule has 0 radical (unpaired) electrons. The van der Waals surface area contributed by atoms with Crippen LogP contribution in [0.4, 0.5) is 0 Å². The SMILES string of the molecule is O=C(NC(NC(=O)C(c1ccccc1)c1ccccc1)c1ccc(Cl)c(Cl)c1)C(c1ccccc1)c1ccccc1. The van der Waals surface area contributed by atoms with Crippen LogP contribution in [0.15, 0.2) is 140 Å². The van der Waals surface area contributed by atoms with Gasteiger partial charge in [0, 0.05) is 0 Å². The van der Waals surface area contributed by atoms with Crippen molar-refractivity contribution in [3.63, 3.8) is 0 Å². The Morgan fingerprint density at radius 1 is 0.439 bits per heavy atom. The summed E-state index contributed by atoms with van der Waals surface area (Å²) in [6, 6.07) is 43.3. The molecule has 6 heteroatoms. The third kappa shape index (κ3) is 6.86. The molecule has 5 aromatic rings. The Morgan fingerprint density at radius 2 is 0.780 bits per heavy atom. The summed E-state index contributed by atoms with van der Waals surface area (Å²) in [4.78, 5) is 28.1. The maximum atomic E-state index is 14.0. The average Bonchev–Trinajstić information content (AvgIpc) is 3.01. The van der Waals surface area contributed by atoms with Crippen LogP contribution in [-0.4, -0.2) is 11.8 Å². The Labute approximate surface area is 250 Å². The zero-order valence-electron chi connectivity index (χ0n) is 22.1. The molecule has 0 aliphatic carbocycles. The number of carbonyl (C=O) groups excluding carboxylic acids is 2. The number of rotatable bonds is 9. The van der Waals surface area contributed by atoms with Crippen LogP contribution in [-0.2, 0) is 9.59 Å². The Morgan fingerprint density at radius 3 is 1.10 bits per heavy atom. The highest BCUT2D eigenvalue weighted by Crippen LogP contribution is 2.30. The standard InChI is InChI=1S/C35H28Cl2N2O2/c36-29-22-21-28(23-30(29)37)33(38-34(40)31(24-13-5-1-6-14-24)25-15-7-2-8-16-25)39-35(41)32(26-17-9-3-10-18-26)27-19-11-4-12-20-27/h1-23,31-33H,(H,38,40)(H,39,41). The van der Waals surface area contributed by atoms with E-state index in [1.807, 2.05) is 121 Å². The molecule has 0 bridgehead atoms. The maximum absolute atomic E-state index is 14.0. The molecule has 5 rings (SSSR count). The van der Waals surface area contributed by atoms with Crippen molar-refractivity contribution in [2.45, 2.75) is 18.0 Å². The van der Waals surface area contributed by atoms with E-state index in [1.165, 1.54) is 0 Å². The molecule has 0 aromatic heterocycles. The monoisotopic (exact) mass is 578 g/mol. The van der Waals surface area contributed by atoms with Gasteiger partial charge in [-0.15, -0.1) is 0 Å². The van der Waals surface area contributed by atoms with E-state index in [0.29, 0.717) is 15.6 Å². The van der Waals surface area contributed by atoms with Gasteiger partial charge in [0.25, 0.3) is 0 Å². The lowest BCUT2D eigenvalue weighted by Crippen LogP contribution is -2.44. The van der Waals surface area contributed by atoms with Gasteiger partial charge in [-0.05, 0) is 39.9 Å². The molecule has 41 heavy (non-hydrogen) atoms. The van der Waals surface area contributed by atoms with Crippen LogP contribution < -0.4 is 10.6 Å². The highest BCUT2D eigenvalue weighted by atomic mass is 35.5. The third-order valence-electron chi connectivity index (χ3n) is 6.91. The second-order valence-electron chi connectivity index (χ2n) is 9.63. The fourth-order valence-corrected chi connectivity index (χ4v) is 5.22. The number of hydrogen-bond acceptors (Lipinski definition) is 2. The second-order valence-corrected chi connectivity index (χ2v) is 10.4. The van der Waals surface area contributed by atoms with Crippen molar-refractivity contribution in [1.82, 2.24) is 10.6 Å². The molecule has 5 aromatic carbocycles. The van der Waals surface area contributed by atoms with Gasteiger partial charge in [0.1, 0.15) is 6.17 Å². The second kappa shape index (κ2) is 13.3. The molecule has 2 amide bonds. The van der Waals surface area contributed by atoms with E-state index in [-0.39, 0.29) is 11.8 Å². The van der Waals surface area contributed by atoms with Gasteiger partial charge in [-0.2, -0.15) is 0 Å². The Balaban J connectivity index is 1.52. The Bertz CT molecular complexity index is 1420. The Hall–Kier alpha value is -4.38. The lowest BCUT2D eigenvalue weighted by molar-refractivity contribution is -0.125. The van der Waals surface area contributed by atoms with E-state index in [4.69, 9.17) is 23.2 Å². The van der Waals surface area contributed by atoms with Crippen molar-refractivity contribution in [2.24, 2.45) is 0 Å². The molecule has 204 valence electrons. The highest BCUT2D eigenvalue weighted by Gasteiger charge is 2.29. The zero-order chi connectivity index (χ0) is 28.6. The van der Waals surface area contributed by atoms with Crippen LogP contribution in [0.5, 0.6) is 0 Å². The quantitative estimate of drug-likeness (QED) is 0.175. The summed E-state index contributed by atoms with van der Waals surface area (Å²) < 4.78 is 0. The number of hydrogen-bond donors (Lipinski definition) is 2. The van der Waals surface area contributed by atoms with Crippen LogP contribution >= 0.6 is 23.2 Å². The fourth-order valence-electron chi connectivity index (χ4n) is 4.92. The first-order chi connectivity index (χ1) is 20.0. The molecule has 0 saturated heterocycles. The number of nitrogens with one attached hydrogen (secondary N) is 2. The summed E-state index contributed by atoms with van der Waals surface area (Å²) in [7, 11) is 0. The number of amides is 2. The lowest BCUT2D eigenvalue weighted by Gasteiger charge is -2.27. The molecular weight excluding hydrogens is 551 g/mol. The molecule has 0 aliphatic heterocycles. The first-order valence-electron chi connectivity index (χ1n) is 13.3. The van der Waals surface area contributed by atoms with E-state index < -0.39 is 18.0 Å². The fraction of sp³-hybridized carbons (Fsp3) is 0.0857. The summed E-state index contributed by atoms with van der Waals surface area (Å²) in [5.74, 6) is -1.73. The van der Waals surface area contributed by atoms with Crippen molar-refractivity contribution in [3.05, 3.63) is 177 Å². The van der Waals surface area contributed by atoms with Gasteiger partial charge in [0.15, 0.2) is 0 Å². The van der Waals surface area contributed by atoms with Gasteiger partial charge in [-0.3, -0.25) is 9.59 Å². The molecule has 4 nitrogen and oxygen atoms in total. The van der Waals surface area contributed by atoms with Gasteiger partial charge in [-0.1, -0.05) is 151 Å². The van der Waals surface area contributed by atoms with E-state index >= 15 is 0 Å². The van der Waals surface area contributed by atoms with Crippen molar-refractivity contribution < 1.29 is 9.59 Å². The molecule has 0 saturated carbocycles. The van der Waals surface area contributed by atoms with E-state index in [1.54, 1.807) is 18.2 Å². The number of benzene rings is 5. The van der Waals surface area contributed by atoms with E-state index in [0.717, 1.165) is 22.3 Å². The molecular formula is C35H28Cl2N2O2. The first kappa shape index (κ1) is 28.2. The highest BCUT2D eigenvalue weighted by molar-refractivity contribution is 6.42. The third-order valence-corrected chi connectivity index (χ3v) is 7.65. The molecule has 0 heterocycles. The molecule has 0 aliphatic rings. The van der Waals surface area contributed by atoms with Crippen molar-refractivity contribution >= 4 is 35.0 Å². The summed E-state index contributed by atoms with van der Waals surface area (Å²) in [6.45, 7) is 0. The number of halogens is 2. The van der Waals surface area contributed by atoms with E-state index in [2.05, 4.69) is 10.6 Å². The zero-order valence-corrected chi connectivity index (χ0v) is 23.6. The van der Waals surface area contributed by atoms with Gasteiger partial charge < -0.3 is 10.6 Å². The van der Waals surface area contributed by atoms with Crippen molar-refractivity contribution in [1.29, 1.82) is 0 Å². The van der Waals surface area contributed by atoms with Gasteiger partial charge in [0.05, 0.1) is 21.9 Å². The minimum atomic E-state index is -0.880. The topological polar surface area (TPSA) is 58.2 Å². The van der Waals surface area contributed by atoms with Crippen molar-refractivity contribution in [3.8, 4) is 0 Å². The molecule has 2 N–H and O–H groups in total. The van der Waals surface area contributed by atoms with Crippen LogP contribution in [0.2, 0.25) is 10.0 Å². The molecule has 0 spiro atoms. The summed E-state index contributed by atoms with van der Waals surface area (Å²) >= 11 is 12.6. The van der Waals surface area contributed by atoms with Gasteiger partial charge in [0.2, 0.25) is 11.8 Å². The van der Waals surface area contributed by atoms with Gasteiger partial charge in [-0.25, -0.2) is 0 Å². The number of carbonyl (C=O) groups is 2. The molecule has 0 atom stereocenters. The normalized spacial score (nSPS) is 11.0. The van der Waals surface area contributed by atoms with Crippen molar-refractivity contribution in [2.75, 3.05) is 0 Å². The Kier molecular flexibility index (Phi) is 9.15. The maximum Gasteiger partial charge on any atom is 0.233 e. The molecule has 0 fully saturated rings. The predicted octanol–water partition coefficient (Wildman–Crippen LogP) is 7.89. The first-order valence-corrected chi connectivity index (χ1v) is 14.0. The summed E-state index contributed by atoms with van der Waals surface area (Å²) in [5.41, 5.74) is 3.94. The van der Waals surface area contributed by atoms with Gasteiger partial charge >= 0.3 is 0 Å². The van der Waals surface area contributed by atoms with E-state index in [9.17, 15) is 9.59 Å². The summed E-state index contributed by atoms with van der Waals surface area (Å²) in [6.07, 6.45) is -0.880. The summed E-state index contributed by atoms with van der Waals surface area (Å²) in [5, 5.41) is 6.89. The van der Waals surface area contributed by atoms with Crippen LogP contribution in [0, 0.1) is 0 Å². The molecule has 0 unspecified atom stereocenters. The average molecular weight is 580 g/mol. The smallest absolute Gasteiger partial charge is 0.233 e. The minimum Gasteiger partial charge on any atom is -0.331 e. The lowest BCUT2D eigenvalue weighted by atomic mass is 9.89. The predicted molar refractivity (Wildman–Crippen MR) is 165 cm³/mol.